The van der Waals surface area contributed by atoms with Gasteiger partial charge in [0, 0.05) is 49.5 Å². The topological polar surface area (TPSA) is 380 Å². The molecule has 5 rings (SSSR count). The number of hydroxylamine groups is 1. The van der Waals surface area contributed by atoms with Crippen molar-refractivity contribution in [2.24, 2.45) is 5.90 Å². The summed E-state index contributed by atoms with van der Waals surface area (Å²) >= 11 is 3.11. The summed E-state index contributed by atoms with van der Waals surface area (Å²) in [5.41, 5.74) is 30.3. The Bertz CT molecular complexity index is 2970. The van der Waals surface area contributed by atoms with Crippen LogP contribution in [0.1, 0.15) is 62.9 Å². The van der Waals surface area contributed by atoms with Crippen LogP contribution in [-0.4, -0.2) is 107 Å². The van der Waals surface area contributed by atoms with Crippen molar-refractivity contribution in [1.82, 2.24) is 5.48 Å². The molecule has 12 N–H and O–H groups in total. The number of rotatable bonds is 8. The average Bonchev–Trinajstić information content (AvgIpc) is 3.40. The number of nitrogens with two attached hydrogens (primary N) is 5. The van der Waals surface area contributed by atoms with Crippen molar-refractivity contribution in [3.8, 4) is 36.7 Å². The molecule has 23 nitrogen and oxygen atoms in total. The maximum absolute atomic E-state index is 11.3. The molecule has 0 aliphatic heterocycles. The number of terminal acetylenes is 3. The Hall–Kier alpha value is -6.93. The number of esters is 3. The molecule has 0 aromatic heterocycles. The van der Waals surface area contributed by atoms with Crippen LogP contribution in [0.3, 0.4) is 0 Å². The third kappa shape index (κ3) is 30.7. The molecule has 78 heavy (non-hydrogen) atoms. The summed E-state index contributed by atoms with van der Waals surface area (Å²) < 4.78 is 14.9. The third-order valence-corrected chi connectivity index (χ3v) is 10.9. The molecule has 5 aromatic rings. The SMILES string of the molecule is C#C[Si](C)(C)C.C#Cc1ccc(C(=O)NOC)cc1N.C#Cc1ccc(C(=O)OC)cc1N.COC(=O)c1ccc(I)c(N)c1.COC(=O)c1ccc(I)c([N+](=O)[O-])c1.CON.Nc1ccc(C(=O)O)cc1[N+](=O)[O-].[Cl][Sn][Cl]. The molecule has 0 saturated heterocycles. The van der Waals surface area contributed by atoms with E-state index in [0.717, 1.165) is 9.64 Å². The van der Waals surface area contributed by atoms with Gasteiger partial charge in [-0.05, 0) is 124 Å². The monoisotopic (exact) mass is 1470 g/mol. The minimum absolute atomic E-state index is 0.0463. The van der Waals surface area contributed by atoms with Crippen LogP contribution >= 0.6 is 63.0 Å². The summed E-state index contributed by atoms with van der Waals surface area (Å²) in [6, 6.07) is 22.0. The van der Waals surface area contributed by atoms with Gasteiger partial charge in [-0.25, -0.2) is 30.6 Å². The van der Waals surface area contributed by atoms with Gasteiger partial charge in [-0.15, -0.1) is 24.8 Å². The third-order valence-electron chi connectivity index (χ3n) is 8.18. The number of nitrogens with zero attached hydrogens (tertiary/aromatic N) is 2. The Balaban J connectivity index is -0.000000857. The van der Waals surface area contributed by atoms with E-state index >= 15 is 0 Å². The quantitative estimate of drug-likeness (QED) is 0.0113. The van der Waals surface area contributed by atoms with E-state index in [-0.39, 0.29) is 40.1 Å². The summed E-state index contributed by atoms with van der Waals surface area (Å²) in [7, 11) is 15.4. The van der Waals surface area contributed by atoms with Gasteiger partial charge in [0.1, 0.15) is 13.8 Å². The van der Waals surface area contributed by atoms with Gasteiger partial charge < -0.3 is 47.1 Å². The number of nitro benzene ring substituents is 2. The van der Waals surface area contributed by atoms with Crippen LogP contribution in [0.2, 0.25) is 19.6 Å². The minimum atomic E-state index is -1.22. The van der Waals surface area contributed by atoms with E-state index in [4.69, 9.17) is 65.2 Å². The van der Waals surface area contributed by atoms with Crippen LogP contribution in [0, 0.1) is 64.0 Å². The molecule has 416 valence electrons. The van der Waals surface area contributed by atoms with E-state index in [1.165, 1.54) is 78.0 Å². The molecular formula is C49H54Cl2I2N8O15SiSn. The Morgan fingerprint density at radius 3 is 1.27 bits per heavy atom. The number of methoxy groups -OCH3 is 3. The van der Waals surface area contributed by atoms with Gasteiger partial charge in [-0.1, -0.05) is 31.5 Å². The summed E-state index contributed by atoms with van der Waals surface area (Å²) in [4.78, 5) is 82.6. The number of nitrogen functional groups attached to an aromatic ring is 4. The first-order chi connectivity index (χ1) is 36.5. The number of hydrogen-bond donors (Lipinski definition) is 7. The van der Waals surface area contributed by atoms with Crippen LogP contribution in [0.25, 0.3) is 0 Å². The molecule has 0 spiro atoms. The van der Waals surface area contributed by atoms with Gasteiger partial charge in [0.05, 0.1) is 71.2 Å². The number of aromatic carboxylic acids is 1. The molecule has 0 saturated carbocycles. The number of benzene rings is 5. The standard InChI is InChI=1S/C10H10N2O2.C10H9NO2.C8H6INO4.C8H8INO2.C7H6N2O4.C5H10Si.CH5NO.2ClH.Sn/c1-3-7-4-5-8(6-9(7)11)10(13)12-14-2;1-3-7-4-5-8(6-9(7)11)10(12)13-2;1-14-8(11)5-2-3-6(9)7(4-5)10(12)13;1-12-8(11)5-2-3-6(9)7(10)4-5;8-5-2-1-4(7(10)11)3-6(5)9(12)13;1-5-6(2,3)4;1-3-2;;;/h1,4-6H,11H2,2H3,(H,12,13);1,4-6H,11H2,2H3;2-4H,1H3;2-4H,10H2,1H3;1-3H,8H2,(H,10,11);1H,2-4H3;2H2,1H3;2*1H;/q;;;;;;;;;+2/p-2. The van der Waals surface area contributed by atoms with Gasteiger partial charge >= 0.3 is 60.6 Å². The molecule has 0 unspecified atom stereocenters. The second-order valence-corrected chi connectivity index (χ2v) is 26.1. The van der Waals surface area contributed by atoms with E-state index in [0.29, 0.717) is 48.4 Å². The molecule has 0 atom stereocenters. The van der Waals surface area contributed by atoms with Gasteiger partial charge in [0.2, 0.25) is 0 Å². The van der Waals surface area contributed by atoms with Crippen molar-refractivity contribution in [3.05, 3.63) is 157 Å². The first kappa shape index (κ1) is 75.3. The molecule has 1 amide bonds. The number of carboxylic acid groups (broad SMARTS) is 1. The van der Waals surface area contributed by atoms with Crippen LogP contribution in [0.4, 0.5) is 34.1 Å². The zero-order chi connectivity index (χ0) is 60.9. The van der Waals surface area contributed by atoms with Crippen LogP contribution in [-0.2, 0) is 23.9 Å². The number of ether oxygens (including phenoxy) is 3. The maximum atomic E-state index is 11.3. The number of halogens is 4. The van der Waals surface area contributed by atoms with E-state index in [1.54, 1.807) is 42.5 Å². The zero-order valence-corrected chi connectivity index (χ0v) is 52.5. The number of carboxylic acids is 1. The number of hydrogen-bond acceptors (Lipinski definition) is 19. The molecule has 0 heterocycles. The second-order valence-electron chi connectivity index (χ2n) is 14.7. The predicted octanol–water partition coefficient (Wildman–Crippen LogP) is 8.10. The number of carbonyl (C=O) groups is 5. The van der Waals surface area contributed by atoms with E-state index < -0.39 is 54.7 Å². The zero-order valence-electron chi connectivity index (χ0n) is 42.8. The van der Waals surface area contributed by atoms with Crippen molar-refractivity contribution in [2.75, 3.05) is 58.5 Å². The summed E-state index contributed by atoms with van der Waals surface area (Å²) in [5.74, 6) is 6.21. The fraction of sp³-hybridized carbons (Fsp3) is 0.163. The second kappa shape index (κ2) is 41.2. The Labute approximate surface area is 496 Å². The Morgan fingerprint density at radius 2 is 0.936 bits per heavy atom. The van der Waals surface area contributed by atoms with E-state index in [2.05, 4.69) is 94.9 Å². The van der Waals surface area contributed by atoms with Crippen LogP contribution in [0.15, 0.2) is 91.0 Å². The van der Waals surface area contributed by atoms with Crippen LogP contribution < -0.4 is 34.3 Å². The molecule has 2 radical (unpaired) electrons. The van der Waals surface area contributed by atoms with Crippen LogP contribution in [0.5, 0.6) is 0 Å². The number of carbonyl (C=O) groups excluding carboxylic acids is 4. The Morgan fingerprint density at radius 1 is 0.603 bits per heavy atom. The van der Waals surface area contributed by atoms with Crippen molar-refractivity contribution >= 4 is 154 Å². The first-order valence-corrected chi connectivity index (χ1v) is 33.6. The average molecular weight is 1470 g/mol. The number of amides is 1. The molecule has 5 aromatic carbocycles. The predicted molar refractivity (Wildman–Crippen MR) is 321 cm³/mol. The van der Waals surface area contributed by atoms with E-state index in [1.807, 2.05) is 22.6 Å². The molecular weight excluding hydrogens is 1410 g/mol. The van der Waals surface area contributed by atoms with Crippen molar-refractivity contribution in [1.29, 1.82) is 0 Å². The van der Waals surface area contributed by atoms with Gasteiger partial charge in [0.25, 0.3) is 17.3 Å². The molecule has 0 fully saturated rings. The van der Waals surface area contributed by atoms with Crippen molar-refractivity contribution in [3.63, 3.8) is 0 Å². The van der Waals surface area contributed by atoms with Gasteiger partial charge in [-0.3, -0.25) is 29.9 Å². The van der Waals surface area contributed by atoms with Crippen molar-refractivity contribution < 1.29 is 62.8 Å². The van der Waals surface area contributed by atoms with E-state index in [9.17, 15) is 44.2 Å². The molecule has 0 aliphatic rings. The number of nitro groups is 2. The summed E-state index contributed by atoms with van der Waals surface area (Å²) in [6.45, 7) is 6.44. The summed E-state index contributed by atoms with van der Waals surface area (Å²) in [5, 5.41) is 29.4. The van der Waals surface area contributed by atoms with Crippen molar-refractivity contribution in [2.45, 2.75) is 19.6 Å². The van der Waals surface area contributed by atoms with Gasteiger partial charge in [-0.2, -0.15) is 0 Å². The first-order valence-electron chi connectivity index (χ1n) is 20.7. The summed E-state index contributed by atoms with van der Waals surface area (Å²) in [6.07, 6.45) is 15.5. The molecule has 0 aliphatic carbocycles. The molecule has 0 bridgehead atoms. The van der Waals surface area contributed by atoms with Gasteiger partial charge in [0.15, 0.2) is 0 Å². The fourth-order valence-electron chi connectivity index (χ4n) is 4.45. The Kier molecular flexibility index (Phi) is 39.8. The number of nitrogens with one attached hydrogen (secondary N) is 1. The number of anilines is 4. The fourth-order valence-corrected chi connectivity index (χ4v) is 5.31. The normalized spacial score (nSPS) is 9.15. The molecule has 29 heteroatoms.